The molecule has 0 atom stereocenters. The summed E-state index contributed by atoms with van der Waals surface area (Å²) in [4.78, 5) is 4.08. The van der Waals surface area contributed by atoms with E-state index in [2.05, 4.69) is 11.1 Å². The molecule has 100 valence electrons. The Morgan fingerprint density at radius 3 is 2.65 bits per heavy atom. The maximum atomic E-state index is 9.36. The number of anilines is 1. The van der Waals surface area contributed by atoms with Crippen LogP contribution in [0.5, 0.6) is 0 Å². The molecule has 0 saturated heterocycles. The van der Waals surface area contributed by atoms with Gasteiger partial charge in [-0.2, -0.15) is 10.5 Å². The number of thioether (sulfide) groups is 1. The van der Waals surface area contributed by atoms with E-state index in [9.17, 15) is 10.5 Å². The summed E-state index contributed by atoms with van der Waals surface area (Å²) in [5, 5.41) is 27.9. The molecule has 2 aromatic heterocycles. The Kier molecular flexibility index (Phi) is 4.26. The number of rotatable bonds is 4. The highest BCUT2D eigenvalue weighted by Gasteiger charge is 2.20. The normalized spacial score (nSPS) is 9.95. The Morgan fingerprint density at radius 1 is 1.35 bits per heavy atom. The van der Waals surface area contributed by atoms with E-state index in [-0.39, 0.29) is 23.6 Å². The third-order valence-electron chi connectivity index (χ3n) is 2.56. The number of aliphatic hydroxyl groups excluding tert-OH is 1. The van der Waals surface area contributed by atoms with Crippen molar-refractivity contribution in [2.45, 2.75) is 5.03 Å². The molecule has 20 heavy (non-hydrogen) atoms. The van der Waals surface area contributed by atoms with Crippen molar-refractivity contribution in [3.8, 4) is 23.3 Å². The highest BCUT2D eigenvalue weighted by molar-refractivity contribution is 7.99. The van der Waals surface area contributed by atoms with Crippen LogP contribution in [0.25, 0.3) is 11.1 Å². The molecular weight excluding hydrogens is 276 g/mol. The lowest BCUT2D eigenvalue weighted by Gasteiger charge is -2.10. The number of pyridine rings is 1. The third-order valence-corrected chi connectivity index (χ3v) is 3.51. The zero-order chi connectivity index (χ0) is 14.5. The fraction of sp³-hybridized carbons (Fsp3) is 0.154. The van der Waals surface area contributed by atoms with Crippen molar-refractivity contribution in [1.29, 1.82) is 10.5 Å². The average molecular weight is 286 g/mol. The lowest BCUT2D eigenvalue weighted by Crippen LogP contribution is -2.03. The van der Waals surface area contributed by atoms with Crippen LogP contribution in [0.3, 0.4) is 0 Å². The summed E-state index contributed by atoms with van der Waals surface area (Å²) in [7, 11) is 0. The monoisotopic (exact) mass is 286 g/mol. The number of aliphatic hydroxyl groups is 1. The van der Waals surface area contributed by atoms with Gasteiger partial charge < -0.3 is 15.3 Å². The molecule has 3 N–H and O–H groups in total. The maximum Gasteiger partial charge on any atom is 0.143 e. The number of aromatic nitrogens is 1. The summed E-state index contributed by atoms with van der Waals surface area (Å²) in [6.45, 7) is -0.0435. The van der Waals surface area contributed by atoms with Gasteiger partial charge in [-0.15, -0.1) is 11.8 Å². The van der Waals surface area contributed by atoms with E-state index in [4.69, 9.17) is 15.3 Å². The summed E-state index contributed by atoms with van der Waals surface area (Å²) in [5.41, 5.74) is 7.20. The Bertz CT molecular complexity index is 699. The first-order chi connectivity index (χ1) is 9.72. The molecule has 0 saturated carbocycles. The summed E-state index contributed by atoms with van der Waals surface area (Å²) < 4.78 is 5.00. The number of hydrogen-bond donors (Lipinski definition) is 2. The van der Waals surface area contributed by atoms with Crippen molar-refractivity contribution in [2.75, 3.05) is 18.1 Å². The number of hydrogen-bond acceptors (Lipinski definition) is 7. The maximum absolute atomic E-state index is 9.36. The summed E-state index contributed by atoms with van der Waals surface area (Å²) in [6.07, 6.45) is 2.89. The first kappa shape index (κ1) is 13.9. The van der Waals surface area contributed by atoms with E-state index in [1.54, 1.807) is 6.07 Å². The number of furan rings is 1. The molecule has 0 aromatic carbocycles. The third kappa shape index (κ3) is 2.45. The van der Waals surface area contributed by atoms with Crippen LogP contribution >= 0.6 is 11.8 Å². The molecule has 2 rings (SSSR count). The number of nitrogens with two attached hydrogens (primary N) is 1. The van der Waals surface area contributed by atoms with Crippen LogP contribution in [-0.2, 0) is 0 Å². The molecule has 0 spiro atoms. The molecule has 0 unspecified atom stereocenters. The standard InChI is InChI=1S/C13H10N4O2S/c14-5-9-11(8-1-3-19-7-8)10(6-15)13(17-12(9)16)20-4-2-18/h1,3,7,18H,2,4H2,(H2,16,17). The van der Waals surface area contributed by atoms with Crippen molar-refractivity contribution in [3.05, 3.63) is 29.7 Å². The van der Waals surface area contributed by atoms with Gasteiger partial charge in [-0.1, -0.05) is 0 Å². The molecule has 0 radical (unpaired) electrons. The van der Waals surface area contributed by atoms with Crippen LogP contribution in [0.1, 0.15) is 11.1 Å². The second-order valence-electron chi connectivity index (χ2n) is 3.73. The second-order valence-corrected chi connectivity index (χ2v) is 4.82. The molecule has 6 nitrogen and oxygen atoms in total. The van der Waals surface area contributed by atoms with E-state index in [1.807, 2.05) is 6.07 Å². The molecule has 0 aliphatic carbocycles. The van der Waals surface area contributed by atoms with Gasteiger partial charge in [-0.25, -0.2) is 4.98 Å². The molecule has 0 aliphatic heterocycles. The van der Waals surface area contributed by atoms with Gasteiger partial charge in [0.25, 0.3) is 0 Å². The Hall–Kier alpha value is -2.48. The van der Waals surface area contributed by atoms with Gasteiger partial charge in [0, 0.05) is 16.9 Å². The minimum Gasteiger partial charge on any atom is -0.472 e. The Morgan fingerprint density at radius 2 is 2.10 bits per heavy atom. The van der Waals surface area contributed by atoms with Gasteiger partial charge in [0.05, 0.1) is 24.7 Å². The van der Waals surface area contributed by atoms with Gasteiger partial charge in [-0.05, 0) is 6.07 Å². The van der Waals surface area contributed by atoms with Crippen molar-refractivity contribution < 1.29 is 9.52 Å². The van der Waals surface area contributed by atoms with Crippen molar-refractivity contribution in [3.63, 3.8) is 0 Å². The molecule has 0 amide bonds. The fourth-order valence-electron chi connectivity index (χ4n) is 1.74. The molecule has 7 heteroatoms. The van der Waals surface area contributed by atoms with Gasteiger partial charge in [-0.3, -0.25) is 0 Å². The average Bonchev–Trinajstić information content (AvgIpc) is 2.98. The first-order valence-electron chi connectivity index (χ1n) is 5.62. The molecular formula is C13H10N4O2S. The van der Waals surface area contributed by atoms with Crippen LogP contribution in [0.2, 0.25) is 0 Å². The molecule has 0 fully saturated rings. The molecule has 0 bridgehead atoms. The van der Waals surface area contributed by atoms with E-state index in [0.29, 0.717) is 21.9 Å². The van der Waals surface area contributed by atoms with E-state index in [1.165, 1.54) is 24.3 Å². The first-order valence-corrected chi connectivity index (χ1v) is 6.61. The van der Waals surface area contributed by atoms with Gasteiger partial charge in [0.1, 0.15) is 28.5 Å². The largest absolute Gasteiger partial charge is 0.472 e. The minimum atomic E-state index is -0.0435. The fourth-order valence-corrected chi connectivity index (χ4v) is 2.48. The number of nitriles is 2. The number of nitrogens with zero attached hydrogens (tertiary/aromatic N) is 3. The van der Waals surface area contributed by atoms with Crippen molar-refractivity contribution in [1.82, 2.24) is 4.98 Å². The highest BCUT2D eigenvalue weighted by Crippen LogP contribution is 2.35. The molecule has 0 aliphatic rings. The predicted octanol–water partition coefficient (Wildman–Crippen LogP) is 1.75. The molecule has 2 heterocycles. The van der Waals surface area contributed by atoms with Gasteiger partial charge >= 0.3 is 0 Å². The van der Waals surface area contributed by atoms with Crippen molar-refractivity contribution in [2.24, 2.45) is 0 Å². The summed E-state index contributed by atoms with van der Waals surface area (Å²) in [6, 6.07) is 5.67. The van der Waals surface area contributed by atoms with E-state index in [0.717, 1.165) is 0 Å². The van der Waals surface area contributed by atoms with E-state index < -0.39 is 0 Å². The summed E-state index contributed by atoms with van der Waals surface area (Å²) >= 11 is 1.21. The van der Waals surface area contributed by atoms with Gasteiger partial charge in [0.15, 0.2) is 0 Å². The summed E-state index contributed by atoms with van der Waals surface area (Å²) in [5.74, 6) is 0.445. The SMILES string of the molecule is N#Cc1c(N)nc(SCCO)c(C#N)c1-c1ccoc1. The van der Waals surface area contributed by atoms with Crippen molar-refractivity contribution >= 4 is 17.6 Å². The minimum absolute atomic E-state index is 0.0435. The van der Waals surface area contributed by atoms with Crippen LogP contribution in [0.15, 0.2) is 28.0 Å². The second kappa shape index (κ2) is 6.11. The number of nitrogen functional groups attached to an aromatic ring is 1. The van der Waals surface area contributed by atoms with Gasteiger partial charge in [0.2, 0.25) is 0 Å². The smallest absolute Gasteiger partial charge is 0.143 e. The zero-order valence-corrected chi connectivity index (χ0v) is 11.1. The lowest BCUT2D eigenvalue weighted by atomic mass is 9.99. The van der Waals surface area contributed by atoms with E-state index >= 15 is 0 Å². The lowest BCUT2D eigenvalue weighted by molar-refractivity contribution is 0.322. The molecule has 2 aromatic rings. The Labute approximate surface area is 119 Å². The predicted molar refractivity (Wildman–Crippen MR) is 73.6 cm³/mol. The van der Waals surface area contributed by atoms with Crippen LogP contribution in [-0.4, -0.2) is 22.5 Å². The van der Waals surface area contributed by atoms with Crippen LogP contribution in [0.4, 0.5) is 5.82 Å². The zero-order valence-electron chi connectivity index (χ0n) is 10.3. The van der Waals surface area contributed by atoms with Crippen LogP contribution < -0.4 is 5.73 Å². The topological polar surface area (TPSA) is 120 Å². The highest BCUT2D eigenvalue weighted by atomic mass is 32.2. The Balaban J connectivity index is 2.72. The van der Waals surface area contributed by atoms with Crippen LogP contribution in [0, 0.1) is 22.7 Å². The quantitative estimate of drug-likeness (QED) is 0.821.